The van der Waals surface area contributed by atoms with Crippen molar-refractivity contribution < 1.29 is 4.74 Å². The van der Waals surface area contributed by atoms with Gasteiger partial charge >= 0.3 is 0 Å². The van der Waals surface area contributed by atoms with Gasteiger partial charge in [0, 0.05) is 21.9 Å². The van der Waals surface area contributed by atoms with Gasteiger partial charge in [-0.2, -0.15) is 0 Å². The number of benzene rings is 4. The summed E-state index contributed by atoms with van der Waals surface area (Å²) in [6.45, 7) is 0. The largest absolute Gasteiger partial charge is 0.448 e. The van der Waals surface area contributed by atoms with E-state index in [0.717, 1.165) is 11.5 Å². The minimum atomic E-state index is 1.08. The van der Waals surface area contributed by atoms with E-state index in [9.17, 15) is 0 Å². The van der Waals surface area contributed by atoms with E-state index >= 15 is 0 Å². The van der Waals surface area contributed by atoms with E-state index in [2.05, 4.69) is 60.7 Å². The van der Waals surface area contributed by atoms with Gasteiger partial charge in [-0.15, -0.1) is 0 Å². The molecule has 0 N–H and O–H groups in total. The second-order valence-electron chi connectivity index (χ2n) is 5.80. The maximum atomic E-state index is 5.76. The van der Waals surface area contributed by atoms with E-state index < -0.39 is 0 Å². The van der Waals surface area contributed by atoms with Crippen LogP contribution in [-0.4, -0.2) is 0 Å². The molecule has 1 aliphatic carbocycles. The van der Waals surface area contributed by atoms with Crippen molar-refractivity contribution in [3.8, 4) is 0 Å². The second-order valence-corrected chi connectivity index (χ2v) is 5.80. The molecule has 21 heavy (non-hydrogen) atoms. The summed E-state index contributed by atoms with van der Waals surface area (Å²) >= 11 is 0. The van der Waals surface area contributed by atoms with Gasteiger partial charge in [0.05, 0.1) is 0 Å². The van der Waals surface area contributed by atoms with Crippen molar-refractivity contribution in [3.63, 3.8) is 0 Å². The van der Waals surface area contributed by atoms with E-state index in [1.54, 1.807) is 0 Å². The van der Waals surface area contributed by atoms with Crippen LogP contribution in [0.5, 0.6) is 0 Å². The van der Waals surface area contributed by atoms with Gasteiger partial charge in [-0.3, -0.25) is 0 Å². The Hall–Kier alpha value is -2.80. The predicted octanol–water partition coefficient (Wildman–Crippen LogP) is 5.32. The van der Waals surface area contributed by atoms with Crippen LogP contribution < -0.4 is 0 Å². The molecule has 1 aliphatic heterocycles. The lowest BCUT2D eigenvalue weighted by Crippen LogP contribution is -1.89. The van der Waals surface area contributed by atoms with Crippen molar-refractivity contribution in [1.82, 2.24) is 0 Å². The average molecular weight is 266 g/mol. The minimum absolute atomic E-state index is 1.08. The zero-order valence-electron chi connectivity index (χ0n) is 11.2. The number of fused-ring (bicyclic) bond motifs is 6. The molecule has 0 radical (unpaired) electrons. The highest BCUT2D eigenvalue weighted by Gasteiger charge is 2.39. The third-order valence-corrected chi connectivity index (χ3v) is 4.71. The van der Waals surface area contributed by atoms with Gasteiger partial charge < -0.3 is 4.74 Å². The molecule has 0 aromatic heterocycles. The lowest BCUT2D eigenvalue weighted by atomic mass is 9.93. The molecule has 1 heterocycles. The molecule has 0 saturated carbocycles. The summed E-state index contributed by atoms with van der Waals surface area (Å²) in [5, 5.41) is 7.88. The molecule has 0 spiro atoms. The third-order valence-electron chi connectivity index (χ3n) is 4.71. The third kappa shape index (κ3) is 1.06. The molecule has 4 aromatic carbocycles. The smallest absolute Gasteiger partial charge is 0.179 e. The molecular weight excluding hydrogens is 256 g/mol. The fourth-order valence-corrected chi connectivity index (χ4v) is 3.78. The van der Waals surface area contributed by atoms with Crippen LogP contribution in [0.15, 0.2) is 60.7 Å². The summed E-state index contributed by atoms with van der Waals surface area (Å²) in [6.07, 6.45) is 0. The Morgan fingerprint density at radius 1 is 0.619 bits per heavy atom. The molecule has 1 heteroatoms. The molecular formula is C20H10O. The molecule has 0 bridgehead atoms. The summed E-state index contributed by atoms with van der Waals surface area (Å²) in [7, 11) is 0. The molecule has 0 fully saturated rings. The van der Waals surface area contributed by atoms with E-state index in [0.29, 0.717) is 0 Å². The Morgan fingerprint density at radius 2 is 1.43 bits per heavy atom. The minimum Gasteiger partial charge on any atom is -0.448 e. The van der Waals surface area contributed by atoms with Gasteiger partial charge in [0.25, 0.3) is 0 Å². The maximum absolute atomic E-state index is 5.76. The fraction of sp³-hybridized carbons (Fsp3) is 0. The molecule has 96 valence electrons. The first kappa shape index (κ1) is 10.0. The standard InChI is InChI=1S/C20H10O/c1-2-6-14-11(4-1)8-9-13-10-12-5-3-7-15-17(12)18(16(13)14)20-19(15)21-20/h1-10H. The number of rotatable bonds is 0. The van der Waals surface area contributed by atoms with Crippen LogP contribution in [0, 0.1) is 0 Å². The van der Waals surface area contributed by atoms with Crippen LogP contribution in [0.2, 0.25) is 0 Å². The Bertz CT molecular complexity index is 1150. The van der Waals surface area contributed by atoms with Crippen molar-refractivity contribution in [2.45, 2.75) is 0 Å². The quantitative estimate of drug-likeness (QED) is 0.310. The Balaban J connectivity index is 2.00. The fourth-order valence-electron chi connectivity index (χ4n) is 3.78. The molecule has 0 amide bonds. The first-order chi connectivity index (χ1) is 10.4. The van der Waals surface area contributed by atoms with Crippen LogP contribution in [-0.2, 0) is 4.74 Å². The van der Waals surface area contributed by atoms with Gasteiger partial charge in [-0.25, -0.2) is 0 Å². The number of ether oxygens (including phenoxy) is 1. The number of hydrogen-bond acceptors (Lipinski definition) is 1. The highest BCUT2D eigenvalue weighted by atomic mass is 16.6. The Morgan fingerprint density at radius 3 is 2.43 bits per heavy atom. The summed E-state index contributed by atoms with van der Waals surface area (Å²) in [4.78, 5) is 0. The maximum Gasteiger partial charge on any atom is 0.179 e. The van der Waals surface area contributed by atoms with Crippen LogP contribution in [0.1, 0.15) is 11.1 Å². The second kappa shape index (κ2) is 3.09. The predicted molar refractivity (Wildman–Crippen MR) is 86.9 cm³/mol. The van der Waals surface area contributed by atoms with Gasteiger partial charge in [-0.1, -0.05) is 54.6 Å². The molecule has 0 saturated heterocycles. The number of hydrogen-bond donors (Lipinski definition) is 0. The average Bonchev–Trinajstić information content (AvgIpc) is 3.26. The van der Waals surface area contributed by atoms with Crippen LogP contribution >= 0.6 is 0 Å². The summed E-state index contributed by atoms with van der Waals surface area (Å²) in [6, 6.07) is 21.8. The molecule has 1 nitrogen and oxygen atoms in total. The van der Waals surface area contributed by atoms with Crippen LogP contribution in [0.25, 0.3) is 43.8 Å². The van der Waals surface area contributed by atoms with Crippen LogP contribution in [0.4, 0.5) is 0 Å². The van der Waals surface area contributed by atoms with Crippen LogP contribution in [0.3, 0.4) is 0 Å². The Labute approximate surface area is 121 Å². The van der Waals surface area contributed by atoms with E-state index in [4.69, 9.17) is 4.74 Å². The lowest BCUT2D eigenvalue weighted by molar-refractivity contribution is 0.585. The van der Waals surface area contributed by atoms with Crippen molar-refractivity contribution in [2.24, 2.45) is 0 Å². The van der Waals surface area contributed by atoms with E-state index in [-0.39, 0.29) is 0 Å². The Kier molecular flexibility index (Phi) is 1.47. The van der Waals surface area contributed by atoms with Crippen molar-refractivity contribution in [3.05, 3.63) is 71.8 Å². The van der Waals surface area contributed by atoms with Gasteiger partial charge in [0.1, 0.15) is 0 Å². The first-order valence-electron chi connectivity index (χ1n) is 7.22. The molecule has 4 aromatic rings. The zero-order chi connectivity index (χ0) is 13.6. The normalized spacial score (nSPS) is 14.9. The molecule has 0 unspecified atom stereocenters. The van der Waals surface area contributed by atoms with Gasteiger partial charge in [0.15, 0.2) is 11.5 Å². The lowest BCUT2D eigenvalue weighted by Gasteiger charge is -2.12. The van der Waals surface area contributed by atoms with Gasteiger partial charge in [0.2, 0.25) is 0 Å². The summed E-state index contributed by atoms with van der Waals surface area (Å²) in [5.41, 5.74) is 2.55. The van der Waals surface area contributed by atoms with E-state index in [1.165, 1.54) is 43.4 Å². The monoisotopic (exact) mass is 266 g/mol. The van der Waals surface area contributed by atoms with E-state index in [1.807, 2.05) is 0 Å². The topological polar surface area (TPSA) is 12.5 Å². The molecule has 0 atom stereocenters. The highest BCUT2D eigenvalue weighted by molar-refractivity contribution is 6.28. The molecule has 6 rings (SSSR count). The van der Waals surface area contributed by atoms with Crippen molar-refractivity contribution in [2.75, 3.05) is 0 Å². The zero-order valence-corrected chi connectivity index (χ0v) is 11.2. The van der Waals surface area contributed by atoms with Gasteiger partial charge in [-0.05, 0) is 27.6 Å². The summed E-state index contributed by atoms with van der Waals surface area (Å²) in [5.74, 6) is 2.17. The molecule has 2 aliphatic rings. The first-order valence-corrected chi connectivity index (χ1v) is 7.22. The summed E-state index contributed by atoms with van der Waals surface area (Å²) < 4.78 is 5.76. The highest BCUT2D eigenvalue weighted by Crippen LogP contribution is 2.56. The van der Waals surface area contributed by atoms with Crippen molar-refractivity contribution in [1.29, 1.82) is 0 Å². The SMILES string of the molecule is c1cc2c3c(c4c(ccc5ccccc54)cc3c1)C1=C2O1. The van der Waals surface area contributed by atoms with Crippen molar-refractivity contribution >= 4 is 43.8 Å².